The Bertz CT molecular complexity index is 382. The lowest BCUT2D eigenvalue weighted by molar-refractivity contribution is 0.143. The second-order valence-electron chi connectivity index (χ2n) is 4.91. The average Bonchev–Trinajstić information content (AvgIpc) is 2.25. The molecule has 1 N–H and O–H groups in total. The number of hydrogen-bond acceptors (Lipinski definition) is 2. The van der Waals surface area contributed by atoms with Crippen LogP contribution in [0.25, 0.3) is 0 Å². The van der Waals surface area contributed by atoms with Gasteiger partial charge in [0.05, 0.1) is 7.11 Å². The van der Waals surface area contributed by atoms with E-state index >= 15 is 0 Å². The van der Waals surface area contributed by atoms with Gasteiger partial charge in [0, 0.05) is 13.1 Å². The third-order valence-corrected chi connectivity index (χ3v) is 3.90. The molecule has 0 radical (unpaired) electrons. The molecule has 0 saturated carbocycles. The highest BCUT2D eigenvalue weighted by atomic mass is 16.5. The summed E-state index contributed by atoms with van der Waals surface area (Å²) < 4.78 is 5.26. The fourth-order valence-electron chi connectivity index (χ4n) is 2.81. The second kappa shape index (κ2) is 3.24. The Morgan fingerprint density at radius 1 is 1.27 bits per heavy atom. The van der Waals surface area contributed by atoms with Crippen LogP contribution in [-0.4, -0.2) is 20.2 Å². The summed E-state index contributed by atoms with van der Waals surface area (Å²) in [5.74, 6) is 0.997. The SMILES string of the molecule is COc1ccc2c(c1)CCC1(CNC1)C2. The minimum Gasteiger partial charge on any atom is -0.497 e. The van der Waals surface area contributed by atoms with Crippen molar-refractivity contribution >= 4 is 0 Å². The molecule has 1 fully saturated rings. The van der Waals surface area contributed by atoms with Gasteiger partial charge in [0.25, 0.3) is 0 Å². The average molecular weight is 203 g/mol. The highest BCUT2D eigenvalue weighted by Crippen LogP contribution is 2.39. The zero-order valence-corrected chi connectivity index (χ0v) is 9.18. The van der Waals surface area contributed by atoms with E-state index in [-0.39, 0.29) is 0 Å². The molecule has 15 heavy (non-hydrogen) atoms. The molecule has 1 spiro atoms. The summed E-state index contributed by atoms with van der Waals surface area (Å²) in [6.07, 6.45) is 3.80. The minimum absolute atomic E-state index is 0.585. The lowest BCUT2D eigenvalue weighted by atomic mass is 9.68. The number of rotatable bonds is 1. The van der Waals surface area contributed by atoms with E-state index in [9.17, 15) is 0 Å². The number of nitrogens with one attached hydrogen (secondary N) is 1. The second-order valence-corrected chi connectivity index (χ2v) is 4.91. The zero-order chi connectivity index (χ0) is 10.3. The maximum Gasteiger partial charge on any atom is 0.119 e. The van der Waals surface area contributed by atoms with Gasteiger partial charge >= 0.3 is 0 Å². The molecule has 0 bridgehead atoms. The van der Waals surface area contributed by atoms with E-state index in [4.69, 9.17) is 4.74 Å². The van der Waals surface area contributed by atoms with Crippen LogP contribution in [0, 0.1) is 5.41 Å². The number of methoxy groups -OCH3 is 1. The Labute approximate surface area is 90.6 Å². The third-order valence-electron chi connectivity index (χ3n) is 3.90. The normalized spacial score (nSPS) is 21.9. The van der Waals surface area contributed by atoms with E-state index in [1.165, 1.54) is 43.5 Å². The standard InChI is InChI=1S/C13H17NO/c1-15-12-3-2-11-7-13(8-14-9-13)5-4-10(11)6-12/h2-3,6,14H,4-5,7-9H2,1H3. The Kier molecular flexibility index (Phi) is 1.99. The molecule has 2 heteroatoms. The Hall–Kier alpha value is -1.02. The summed E-state index contributed by atoms with van der Waals surface area (Å²) in [5.41, 5.74) is 3.61. The first kappa shape index (κ1) is 9.22. The number of aryl methyl sites for hydroxylation is 1. The largest absolute Gasteiger partial charge is 0.497 e. The molecule has 0 atom stereocenters. The number of fused-ring (bicyclic) bond motifs is 1. The van der Waals surface area contributed by atoms with Crippen LogP contribution in [0.15, 0.2) is 18.2 Å². The number of benzene rings is 1. The van der Waals surface area contributed by atoms with Crippen molar-refractivity contribution in [3.05, 3.63) is 29.3 Å². The summed E-state index contributed by atoms with van der Waals surface area (Å²) >= 11 is 0. The van der Waals surface area contributed by atoms with E-state index in [1.807, 2.05) is 0 Å². The maximum atomic E-state index is 5.26. The molecule has 1 aromatic rings. The van der Waals surface area contributed by atoms with Crippen molar-refractivity contribution in [1.29, 1.82) is 0 Å². The summed E-state index contributed by atoms with van der Waals surface area (Å²) in [7, 11) is 1.74. The summed E-state index contributed by atoms with van der Waals surface area (Å²) in [5, 5.41) is 3.40. The Morgan fingerprint density at radius 2 is 2.13 bits per heavy atom. The van der Waals surface area contributed by atoms with Gasteiger partial charge in [0.2, 0.25) is 0 Å². The van der Waals surface area contributed by atoms with Crippen molar-refractivity contribution < 1.29 is 4.74 Å². The summed E-state index contributed by atoms with van der Waals surface area (Å²) in [4.78, 5) is 0. The van der Waals surface area contributed by atoms with E-state index in [1.54, 1.807) is 7.11 Å². The molecule has 2 aliphatic rings. The predicted octanol–water partition coefficient (Wildman–Crippen LogP) is 1.77. The number of ether oxygens (including phenoxy) is 1. The molecule has 1 aliphatic heterocycles. The van der Waals surface area contributed by atoms with Crippen LogP contribution in [-0.2, 0) is 12.8 Å². The lowest BCUT2D eigenvalue weighted by Gasteiger charge is -2.46. The van der Waals surface area contributed by atoms with Gasteiger partial charge in [0.15, 0.2) is 0 Å². The van der Waals surface area contributed by atoms with Crippen LogP contribution in [0.4, 0.5) is 0 Å². The Balaban J connectivity index is 1.90. The molecule has 1 aromatic carbocycles. The fourth-order valence-corrected chi connectivity index (χ4v) is 2.81. The monoisotopic (exact) mass is 203 g/mol. The third kappa shape index (κ3) is 1.44. The van der Waals surface area contributed by atoms with Gasteiger partial charge in [-0.1, -0.05) is 6.07 Å². The van der Waals surface area contributed by atoms with Crippen molar-refractivity contribution in [3.8, 4) is 5.75 Å². The van der Waals surface area contributed by atoms with Crippen LogP contribution in [0.5, 0.6) is 5.75 Å². The fraction of sp³-hybridized carbons (Fsp3) is 0.538. The van der Waals surface area contributed by atoms with Crippen LogP contribution < -0.4 is 10.1 Å². The molecule has 3 rings (SSSR count). The predicted molar refractivity (Wildman–Crippen MR) is 60.3 cm³/mol. The van der Waals surface area contributed by atoms with Crippen molar-refractivity contribution in [3.63, 3.8) is 0 Å². The van der Waals surface area contributed by atoms with Gasteiger partial charge in [-0.05, 0) is 47.9 Å². The molecule has 2 nitrogen and oxygen atoms in total. The van der Waals surface area contributed by atoms with Gasteiger partial charge in [-0.2, -0.15) is 0 Å². The van der Waals surface area contributed by atoms with E-state index in [2.05, 4.69) is 23.5 Å². The zero-order valence-electron chi connectivity index (χ0n) is 9.18. The molecule has 0 aromatic heterocycles. The van der Waals surface area contributed by atoms with Gasteiger partial charge < -0.3 is 10.1 Å². The quantitative estimate of drug-likeness (QED) is 0.751. The van der Waals surface area contributed by atoms with E-state index in [0.717, 1.165) is 5.75 Å². The van der Waals surface area contributed by atoms with Crippen molar-refractivity contribution in [2.24, 2.45) is 5.41 Å². The van der Waals surface area contributed by atoms with Crippen LogP contribution in [0.2, 0.25) is 0 Å². The molecular formula is C13H17NO. The first-order chi connectivity index (χ1) is 7.31. The molecule has 0 amide bonds. The highest BCUT2D eigenvalue weighted by Gasteiger charge is 2.39. The highest BCUT2D eigenvalue weighted by molar-refractivity contribution is 5.38. The molecule has 0 unspecified atom stereocenters. The van der Waals surface area contributed by atoms with Crippen molar-refractivity contribution in [1.82, 2.24) is 5.32 Å². The lowest BCUT2D eigenvalue weighted by Crippen LogP contribution is -2.56. The van der Waals surface area contributed by atoms with Gasteiger partial charge in [-0.15, -0.1) is 0 Å². The maximum absolute atomic E-state index is 5.26. The Morgan fingerprint density at radius 3 is 2.80 bits per heavy atom. The van der Waals surface area contributed by atoms with Crippen LogP contribution in [0.1, 0.15) is 17.5 Å². The summed E-state index contributed by atoms with van der Waals surface area (Å²) in [6.45, 7) is 2.41. The van der Waals surface area contributed by atoms with E-state index < -0.39 is 0 Å². The molecular weight excluding hydrogens is 186 g/mol. The molecule has 1 aliphatic carbocycles. The first-order valence-electron chi connectivity index (χ1n) is 5.68. The van der Waals surface area contributed by atoms with Crippen LogP contribution in [0.3, 0.4) is 0 Å². The van der Waals surface area contributed by atoms with Crippen LogP contribution >= 0.6 is 0 Å². The number of hydrogen-bond donors (Lipinski definition) is 1. The molecule has 80 valence electrons. The van der Waals surface area contributed by atoms with Gasteiger partial charge in [-0.25, -0.2) is 0 Å². The first-order valence-corrected chi connectivity index (χ1v) is 5.68. The summed E-state index contributed by atoms with van der Waals surface area (Å²) in [6, 6.07) is 6.53. The van der Waals surface area contributed by atoms with Crippen molar-refractivity contribution in [2.75, 3.05) is 20.2 Å². The topological polar surface area (TPSA) is 21.3 Å². The molecule has 1 saturated heterocycles. The molecule has 1 heterocycles. The van der Waals surface area contributed by atoms with E-state index in [0.29, 0.717) is 5.41 Å². The van der Waals surface area contributed by atoms with Gasteiger partial charge in [0.1, 0.15) is 5.75 Å². The smallest absolute Gasteiger partial charge is 0.119 e. The van der Waals surface area contributed by atoms with Gasteiger partial charge in [-0.3, -0.25) is 0 Å². The van der Waals surface area contributed by atoms with Crippen molar-refractivity contribution in [2.45, 2.75) is 19.3 Å². The minimum atomic E-state index is 0.585.